The van der Waals surface area contributed by atoms with E-state index < -0.39 is 0 Å². The number of hydrogen-bond donors (Lipinski definition) is 2. The highest BCUT2D eigenvalue weighted by Gasteiger charge is 2.09. The molecule has 0 aliphatic rings. The summed E-state index contributed by atoms with van der Waals surface area (Å²) in [6.45, 7) is 4.08. The molecule has 0 aliphatic carbocycles. The molecule has 0 radical (unpaired) electrons. The van der Waals surface area contributed by atoms with Crippen molar-refractivity contribution >= 4 is 17.4 Å². The second-order valence-corrected chi connectivity index (χ2v) is 5.12. The van der Waals surface area contributed by atoms with Gasteiger partial charge in [0.15, 0.2) is 0 Å². The Kier molecular flexibility index (Phi) is 4.93. The SMILES string of the molecule is CCC(CO)Nc1cncc(-c2cc(Cl)ccc2C)n1. The van der Waals surface area contributed by atoms with E-state index in [2.05, 4.69) is 15.3 Å². The Labute approximate surface area is 123 Å². The molecule has 0 spiro atoms. The van der Waals surface area contributed by atoms with Gasteiger partial charge in [0.1, 0.15) is 5.82 Å². The summed E-state index contributed by atoms with van der Waals surface area (Å²) in [7, 11) is 0. The van der Waals surface area contributed by atoms with Crippen molar-refractivity contribution in [3.63, 3.8) is 0 Å². The Morgan fingerprint density at radius 3 is 2.85 bits per heavy atom. The second-order valence-electron chi connectivity index (χ2n) is 4.68. The number of nitrogens with one attached hydrogen (secondary N) is 1. The molecule has 1 aromatic carbocycles. The molecule has 0 aliphatic heterocycles. The van der Waals surface area contributed by atoms with Gasteiger partial charge in [0.2, 0.25) is 0 Å². The molecule has 106 valence electrons. The monoisotopic (exact) mass is 291 g/mol. The van der Waals surface area contributed by atoms with Gasteiger partial charge in [0.25, 0.3) is 0 Å². The Morgan fingerprint density at radius 2 is 2.15 bits per heavy atom. The predicted octanol–water partition coefficient (Wildman–Crippen LogP) is 3.29. The smallest absolute Gasteiger partial charge is 0.145 e. The summed E-state index contributed by atoms with van der Waals surface area (Å²) in [5.41, 5.74) is 2.82. The van der Waals surface area contributed by atoms with Crippen molar-refractivity contribution in [2.45, 2.75) is 26.3 Å². The Morgan fingerprint density at radius 1 is 1.35 bits per heavy atom. The van der Waals surface area contributed by atoms with E-state index in [0.29, 0.717) is 10.8 Å². The molecule has 0 amide bonds. The van der Waals surface area contributed by atoms with Crippen LogP contribution in [0, 0.1) is 6.92 Å². The molecule has 1 aromatic heterocycles. The van der Waals surface area contributed by atoms with Gasteiger partial charge in [0.05, 0.1) is 30.7 Å². The van der Waals surface area contributed by atoms with Crippen LogP contribution < -0.4 is 5.32 Å². The minimum Gasteiger partial charge on any atom is -0.394 e. The highest BCUT2D eigenvalue weighted by molar-refractivity contribution is 6.30. The quantitative estimate of drug-likeness (QED) is 0.887. The lowest BCUT2D eigenvalue weighted by Gasteiger charge is -2.15. The maximum absolute atomic E-state index is 9.23. The van der Waals surface area contributed by atoms with Crippen molar-refractivity contribution in [2.24, 2.45) is 0 Å². The van der Waals surface area contributed by atoms with Crippen molar-refractivity contribution in [1.82, 2.24) is 9.97 Å². The van der Waals surface area contributed by atoms with Crippen LogP contribution in [0.5, 0.6) is 0 Å². The fourth-order valence-corrected chi connectivity index (χ4v) is 2.09. The summed E-state index contributed by atoms with van der Waals surface area (Å²) in [5.74, 6) is 0.655. The molecule has 1 unspecified atom stereocenters. The first-order valence-electron chi connectivity index (χ1n) is 6.60. The summed E-state index contributed by atoms with van der Waals surface area (Å²) in [4.78, 5) is 8.74. The minimum absolute atomic E-state index is 0.0139. The number of aliphatic hydroxyl groups is 1. The first-order chi connectivity index (χ1) is 9.63. The molecule has 0 saturated carbocycles. The molecule has 2 rings (SSSR count). The minimum atomic E-state index is -0.0139. The van der Waals surface area contributed by atoms with E-state index in [4.69, 9.17) is 11.6 Å². The average Bonchev–Trinajstić information content (AvgIpc) is 2.47. The maximum Gasteiger partial charge on any atom is 0.145 e. The van der Waals surface area contributed by atoms with E-state index in [1.54, 1.807) is 12.4 Å². The van der Waals surface area contributed by atoms with Crippen molar-refractivity contribution in [3.05, 3.63) is 41.2 Å². The summed E-state index contributed by atoms with van der Waals surface area (Å²) in [6.07, 6.45) is 4.18. The highest BCUT2D eigenvalue weighted by atomic mass is 35.5. The number of hydrogen-bond acceptors (Lipinski definition) is 4. The third-order valence-corrected chi connectivity index (χ3v) is 3.41. The zero-order valence-corrected chi connectivity index (χ0v) is 12.4. The van der Waals surface area contributed by atoms with Crippen LogP contribution in [-0.4, -0.2) is 27.7 Å². The van der Waals surface area contributed by atoms with Gasteiger partial charge < -0.3 is 10.4 Å². The van der Waals surface area contributed by atoms with Crippen LogP contribution in [0.15, 0.2) is 30.6 Å². The zero-order chi connectivity index (χ0) is 14.5. The molecular weight excluding hydrogens is 274 g/mol. The van der Waals surface area contributed by atoms with Crippen LogP contribution in [0.1, 0.15) is 18.9 Å². The molecule has 2 N–H and O–H groups in total. The number of aromatic nitrogens is 2. The third kappa shape index (κ3) is 3.46. The summed E-state index contributed by atoms with van der Waals surface area (Å²) in [6, 6.07) is 5.69. The topological polar surface area (TPSA) is 58.0 Å². The van der Waals surface area contributed by atoms with E-state index in [1.165, 1.54) is 0 Å². The average molecular weight is 292 g/mol. The fraction of sp³-hybridized carbons (Fsp3) is 0.333. The van der Waals surface area contributed by atoms with E-state index in [-0.39, 0.29) is 12.6 Å². The van der Waals surface area contributed by atoms with Gasteiger partial charge in [0, 0.05) is 10.6 Å². The molecule has 1 atom stereocenters. The highest BCUT2D eigenvalue weighted by Crippen LogP contribution is 2.25. The Bertz CT molecular complexity index is 585. The van der Waals surface area contributed by atoms with Crippen molar-refractivity contribution in [1.29, 1.82) is 0 Å². The number of aryl methyl sites for hydroxylation is 1. The van der Waals surface area contributed by atoms with Gasteiger partial charge in [-0.2, -0.15) is 0 Å². The third-order valence-electron chi connectivity index (χ3n) is 3.18. The van der Waals surface area contributed by atoms with Crippen molar-refractivity contribution in [2.75, 3.05) is 11.9 Å². The zero-order valence-electron chi connectivity index (χ0n) is 11.6. The van der Waals surface area contributed by atoms with Gasteiger partial charge >= 0.3 is 0 Å². The second kappa shape index (κ2) is 6.68. The number of anilines is 1. The van der Waals surface area contributed by atoms with Crippen LogP contribution in [-0.2, 0) is 0 Å². The van der Waals surface area contributed by atoms with E-state index in [1.807, 2.05) is 32.0 Å². The molecule has 0 saturated heterocycles. The summed E-state index contributed by atoms with van der Waals surface area (Å²) in [5, 5.41) is 13.1. The van der Waals surface area contributed by atoms with E-state index >= 15 is 0 Å². The maximum atomic E-state index is 9.23. The molecule has 2 aromatic rings. The van der Waals surface area contributed by atoms with Gasteiger partial charge in [-0.3, -0.25) is 4.98 Å². The number of halogens is 1. The van der Waals surface area contributed by atoms with Crippen molar-refractivity contribution < 1.29 is 5.11 Å². The molecule has 5 heteroatoms. The lowest BCUT2D eigenvalue weighted by atomic mass is 10.1. The van der Waals surface area contributed by atoms with Crippen LogP contribution >= 0.6 is 11.6 Å². The molecule has 0 bridgehead atoms. The first-order valence-corrected chi connectivity index (χ1v) is 6.97. The van der Waals surface area contributed by atoms with Crippen LogP contribution in [0.3, 0.4) is 0 Å². The van der Waals surface area contributed by atoms with Gasteiger partial charge in [-0.15, -0.1) is 0 Å². The molecular formula is C15H18ClN3O. The van der Waals surface area contributed by atoms with Crippen LogP contribution in [0.2, 0.25) is 5.02 Å². The van der Waals surface area contributed by atoms with E-state index in [9.17, 15) is 5.11 Å². The molecule has 20 heavy (non-hydrogen) atoms. The number of nitrogens with zero attached hydrogens (tertiary/aromatic N) is 2. The first kappa shape index (κ1) is 14.8. The summed E-state index contributed by atoms with van der Waals surface area (Å²) < 4.78 is 0. The van der Waals surface area contributed by atoms with Crippen LogP contribution in [0.4, 0.5) is 5.82 Å². The standard InChI is InChI=1S/C15H18ClN3O/c1-3-12(9-20)18-15-8-17-7-14(19-15)13-6-11(16)5-4-10(13)2/h4-8,12,20H,3,9H2,1-2H3,(H,18,19). The number of aliphatic hydroxyl groups excluding tert-OH is 1. The Hall–Kier alpha value is -1.65. The molecule has 0 fully saturated rings. The number of benzene rings is 1. The van der Waals surface area contributed by atoms with Gasteiger partial charge in [-0.1, -0.05) is 24.6 Å². The van der Waals surface area contributed by atoms with Gasteiger partial charge in [-0.25, -0.2) is 4.98 Å². The van der Waals surface area contributed by atoms with E-state index in [0.717, 1.165) is 23.2 Å². The lowest BCUT2D eigenvalue weighted by molar-refractivity contribution is 0.271. The lowest BCUT2D eigenvalue weighted by Crippen LogP contribution is -2.23. The number of rotatable bonds is 5. The van der Waals surface area contributed by atoms with Crippen LogP contribution in [0.25, 0.3) is 11.3 Å². The predicted molar refractivity (Wildman–Crippen MR) is 82.0 cm³/mol. The normalized spacial score (nSPS) is 12.2. The summed E-state index contributed by atoms with van der Waals surface area (Å²) >= 11 is 6.04. The largest absolute Gasteiger partial charge is 0.394 e. The fourth-order valence-electron chi connectivity index (χ4n) is 1.92. The van der Waals surface area contributed by atoms with Gasteiger partial charge in [-0.05, 0) is 31.0 Å². The van der Waals surface area contributed by atoms with Crippen molar-refractivity contribution in [3.8, 4) is 11.3 Å². The molecule has 4 nitrogen and oxygen atoms in total. The Balaban J connectivity index is 2.32. The molecule has 1 heterocycles.